The normalized spacial score (nSPS) is 15.0. The number of carbonyl (C=O) groups is 2. The third kappa shape index (κ3) is 5.82. The molecule has 0 bridgehead atoms. The molecular weight excluding hydrogens is 310 g/mol. The summed E-state index contributed by atoms with van der Waals surface area (Å²) in [5.41, 5.74) is 3.44. The molecule has 0 radical (unpaired) electrons. The van der Waals surface area contributed by atoms with Crippen LogP contribution in [0.4, 0.5) is 4.79 Å². The van der Waals surface area contributed by atoms with Crippen molar-refractivity contribution in [2.24, 2.45) is 0 Å². The second-order valence-corrected chi connectivity index (χ2v) is 6.60. The zero-order valence-electron chi connectivity index (χ0n) is 14.4. The van der Waals surface area contributed by atoms with Gasteiger partial charge in [-0.05, 0) is 38.5 Å². The van der Waals surface area contributed by atoms with Crippen LogP contribution in [0.25, 0.3) is 0 Å². The van der Waals surface area contributed by atoms with Gasteiger partial charge in [-0.2, -0.15) is 0 Å². The summed E-state index contributed by atoms with van der Waals surface area (Å²) in [7, 11) is 0. The number of amides is 3. The summed E-state index contributed by atoms with van der Waals surface area (Å²) in [5.74, 6) is 0.00845. The molecule has 1 fully saturated rings. The summed E-state index contributed by atoms with van der Waals surface area (Å²) >= 11 is 0. The van der Waals surface area contributed by atoms with Gasteiger partial charge in [0.25, 0.3) is 5.91 Å². The summed E-state index contributed by atoms with van der Waals surface area (Å²) < 4.78 is 5.25. The van der Waals surface area contributed by atoms with Gasteiger partial charge in [0.05, 0.1) is 18.8 Å². The molecular formula is C17H25N3O4. The number of urea groups is 1. The number of hydroxylamine groups is 1. The maximum atomic E-state index is 12.3. The largest absolute Gasteiger partial charge is 0.378 e. The number of ether oxygens (including phenoxy) is 1. The van der Waals surface area contributed by atoms with Crippen LogP contribution in [0.15, 0.2) is 24.3 Å². The van der Waals surface area contributed by atoms with E-state index in [1.807, 2.05) is 32.9 Å². The van der Waals surface area contributed by atoms with Crippen molar-refractivity contribution in [1.82, 2.24) is 15.7 Å². The SMILES string of the molecule is CC(C)(C)ONC(=O)NCc1ccc(C(=O)N2CCOCC2)cc1. The van der Waals surface area contributed by atoms with Crippen molar-refractivity contribution in [2.75, 3.05) is 26.3 Å². The summed E-state index contributed by atoms with van der Waals surface area (Å²) in [6.45, 7) is 8.29. The van der Waals surface area contributed by atoms with E-state index < -0.39 is 11.6 Å². The molecule has 1 heterocycles. The zero-order valence-corrected chi connectivity index (χ0v) is 14.4. The van der Waals surface area contributed by atoms with Crippen LogP contribution in [0.5, 0.6) is 0 Å². The Morgan fingerprint density at radius 2 is 1.79 bits per heavy atom. The lowest BCUT2D eigenvalue weighted by molar-refractivity contribution is -0.0529. The van der Waals surface area contributed by atoms with E-state index in [-0.39, 0.29) is 5.91 Å². The molecule has 3 amide bonds. The highest BCUT2D eigenvalue weighted by atomic mass is 16.7. The Morgan fingerprint density at radius 1 is 1.17 bits per heavy atom. The van der Waals surface area contributed by atoms with E-state index >= 15 is 0 Å². The van der Waals surface area contributed by atoms with Crippen LogP contribution in [-0.4, -0.2) is 48.7 Å². The van der Waals surface area contributed by atoms with Crippen molar-refractivity contribution >= 4 is 11.9 Å². The Hall–Kier alpha value is -2.12. The van der Waals surface area contributed by atoms with E-state index in [0.29, 0.717) is 38.4 Å². The van der Waals surface area contributed by atoms with Gasteiger partial charge in [0.2, 0.25) is 0 Å². The van der Waals surface area contributed by atoms with Crippen LogP contribution in [0, 0.1) is 0 Å². The van der Waals surface area contributed by atoms with Crippen LogP contribution >= 0.6 is 0 Å². The molecule has 0 atom stereocenters. The third-order valence-corrected chi connectivity index (χ3v) is 3.40. The first kappa shape index (κ1) is 18.2. The number of rotatable bonds is 4. The molecule has 7 nitrogen and oxygen atoms in total. The molecule has 1 aromatic rings. The fraction of sp³-hybridized carbons (Fsp3) is 0.529. The summed E-state index contributed by atoms with van der Waals surface area (Å²) in [6, 6.07) is 6.81. The van der Waals surface area contributed by atoms with E-state index in [1.54, 1.807) is 17.0 Å². The van der Waals surface area contributed by atoms with Gasteiger partial charge in [-0.15, -0.1) is 0 Å². The second-order valence-electron chi connectivity index (χ2n) is 6.60. The Labute approximate surface area is 142 Å². The highest BCUT2D eigenvalue weighted by Gasteiger charge is 2.18. The van der Waals surface area contributed by atoms with E-state index in [4.69, 9.17) is 9.57 Å². The first-order valence-corrected chi connectivity index (χ1v) is 8.03. The van der Waals surface area contributed by atoms with Gasteiger partial charge in [0.15, 0.2) is 0 Å². The highest BCUT2D eigenvalue weighted by molar-refractivity contribution is 5.94. The Balaban J connectivity index is 1.81. The topological polar surface area (TPSA) is 79.9 Å². The molecule has 1 aromatic carbocycles. The molecule has 1 aliphatic heterocycles. The first-order valence-electron chi connectivity index (χ1n) is 8.03. The average molecular weight is 335 g/mol. The van der Waals surface area contributed by atoms with Crippen LogP contribution in [0.1, 0.15) is 36.7 Å². The Bertz CT molecular complexity index is 560. The summed E-state index contributed by atoms with van der Waals surface area (Å²) in [6.07, 6.45) is 0. The molecule has 0 spiro atoms. The maximum Gasteiger partial charge on any atom is 0.338 e. The number of nitrogens with one attached hydrogen (secondary N) is 2. The van der Waals surface area contributed by atoms with Crippen molar-refractivity contribution in [1.29, 1.82) is 0 Å². The minimum atomic E-state index is -0.446. The monoisotopic (exact) mass is 335 g/mol. The fourth-order valence-corrected chi connectivity index (χ4v) is 2.13. The predicted octanol–water partition coefficient (Wildman–Crippen LogP) is 1.69. The molecule has 2 rings (SSSR count). The molecule has 0 unspecified atom stereocenters. The molecule has 132 valence electrons. The first-order chi connectivity index (χ1) is 11.3. The molecule has 24 heavy (non-hydrogen) atoms. The number of carbonyl (C=O) groups excluding carboxylic acids is 2. The van der Waals surface area contributed by atoms with Crippen molar-refractivity contribution in [3.63, 3.8) is 0 Å². The van der Waals surface area contributed by atoms with Gasteiger partial charge in [-0.1, -0.05) is 12.1 Å². The van der Waals surface area contributed by atoms with Crippen LogP contribution < -0.4 is 10.8 Å². The molecule has 1 aliphatic rings. The lowest BCUT2D eigenvalue weighted by Crippen LogP contribution is -2.40. The van der Waals surface area contributed by atoms with E-state index in [2.05, 4.69) is 10.8 Å². The lowest BCUT2D eigenvalue weighted by atomic mass is 10.1. The maximum absolute atomic E-state index is 12.3. The number of benzene rings is 1. The smallest absolute Gasteiger partial charge is 0.338 e. The van der Waals surface area contributed by atoms with Crippen LogP contribution in [-0.2, 0) is 16.1 Å². The number of morpholine rings is 1. The average Bonchev–Trinajstić information content (AvgIpc) is 2.58. The number of nitrogens with zero attached hydrogens (tertiary/aromatic N) is 1. The van der Waals surface area contributed by atoms with Gasteiger partial charge in [0, 0.05) is 25.2 Å². The highest BCUT2D eigenvalue weighted by Crippen LogP contribution is 2.09. The van der Waals surface area contributed by atoms with Crippen LogP contribution in [0.3, 0.4) is 0 Å². The molecule has 2 N–H and O–H groups in total. The van der Waals surface area contributed by atoms with Gasteiger partial charge < -0.3 is 15.0 Å². The summed E-state index contributed by atoms with van der Waals surface area (Å²) in [5, 5.41) is 2.70. The number of hydrogen-bond donors (Lipinski definition) is 2. The Morgan fingerprint density at radius 3 is 2.38 bits per heavy atom. The molecule has 0 aromatic heterocycles. The second kappa shape index (κ2) is 8.12. The summed E-state index contributed by atoms with van der Waals surface area (Å²) in [4.78, 5) is 30.9. The molecule has 0 aliphatic carbocycles. The van der Waals surface area contributed by atoms with Gasteiger partial charge in [0.1, 0.15) is 0 Å². The van der Waals surface area contributed by atoms with Gasteiger partial charge in [-0.25, -0.2) is 10.3 Å². The van der Waals surface area contributed by atoms with Gasteiger partial charge >= 0.3 is 6.03 Å². The minimum Gasteiger partial charge on any atom is -0.378 e. The minimum absolute atomic E-state index is 0.00845. The van der Waals surface area contributed by atoms with Crippen molar-refractivity contribution in [3.8, 4) is 0 Å². The third-order valence-electron chi connectivity index (χ3n) is 3.40. The predicted molar refractivity (Wildman–Crippen MR) is 89.4 cm³/mol. The quantitative estimate of drug-likeness (QED) is 0.821. The van der Waals surface area contributed by atoms with E-state index in [9.17, 15) is 9.59 Å². The molecule has 0 saturated carbocycles. The van der Waals surface area contributed by atoms with Crippen LogP contribution in [0.2, 0.25) is 0 Å². The lowest BCUT2D eigenvalue weighted by Gasteiger charge is -2.26. The molecule has 1 saturated heterocycles. The van der Waals surface area contributed by atoms with Crippen molar-refractivity contribution in [3.05, 3.63) is 35.4 Å². The van der Waals surface area contributed by atoms with E-state index in [1.165, 1.54) is 0 Å². The van der Waals surface area contributed by atoms with E-state index in [0.717, 1.165) is 5.56 Å². The zero-order chi connectivity index (χ0) is 17.6. The fourth-order valence-electron chi connectivity index (χ4n) is 2.13. The number of hydrogen-bond acceptors (Lipinski definition) is 4. The van der Waals surface area contributed by atoms with Gasteiger partial charge in [-0.3, -0.25) is 9.63 Å². The standard InChI is InChI=1S/C17H25N3O4/c1-17(2,3)24-19-16(22)18-12-13-4-6-14(7-5-13)15(21)20-8-10-23-11-9-20/h4-7H,8-12H2,1-3H3,(H2,18,19,22). The van der Waals surface area contributed by atoms with Crippen molar-refractivity contribution in [2.45, 2.75) is 32.9 Å². The Kier molecular flexibility index (Phi) is 6.16. The molecule has 7 heteroatoms. The van der Waals surface area contributed by atoms with Crippen molar-refractivity contribution < 1.29 is 19.2 Å².